The molecule has 0 aliphatic carbocycles. The second kappa shape index (κ2) is 6.64. The molecule has 0 saturated heterocycles. The highest BCUT2D eigenvalue weighted by molar-refractivity contribution is 8.00. The van der Waals surface area contributed by atoms with Crippen molar-refractivity contribution in [1.82, 2.24) is 4.98 Å². The standard InChI is InChI=1S/C16H22N2S2/c1-6-14-15(20-16(17-5)18-14)19-9-13-11(3)7-10(2)8-12(13)4/h7-8H,6,9H2,1-5H3,(H,17,18). The molecule has 0 aliphatic rings. The van der Waals surface area contributed by atoms with Gasteiger partial charge in [-0.3, -0.25) is 0 Å². The third-order valence-electron chi connectivity index (χ3n) is 3.40. The summed E-state index contributed by atoms with van der Waals surface area (Å²) in [6.07, 6.45) is 0.992. The molecule has 0 fully saturated rings. The Morgan fingerprint density at radius 1 is 1.20 bits per heavy atom. The third kappa shape index (κ3) is 3.36. The summed E-state index contributed by atoms with van der Waals surface area (Å²) in [6.45, 7) is 8.75. The molecular formula is C16H22N2S2. The maximum Gasteiger partial charge on any atom is 0.183 e. The van der Waals surface area contributed by atoms with Crippen LogP contribution in [0.25, 0.3) is 0 Å². The van der Waals surface area contributed by atoms with Gasteiger partial charge in [0.05, 0.1) is 9.90 Å². The van der Waals surface area contributed by atoms with E-state index in [1.807, 2.05) is 18.8 Å². The normalized spacial score (nSPS) is 10.8. The highest BCUT2D eigenvalue weighted by atomic mass is 32.2. The molecular weight excluding hydrogens is 284 g/mol. The lowest BCUT2D eigenvalue weighted by Crippen LogP contribution is -1.93. The summed E-state index contributed by atoms with van der Waals surface area (Å²) < 4.78 is 1.34. The van der Waals surface area contributed by atoms with Gasteiger partial charge in [-0.1, -0.05) is 36.0 Å². The minimum absolute atomic E-state index is 0.992. The summed E-state index contributed by atoms with van der Waals surface area (Å²) >= 11 is 3.67. The molecule has 1 aromatic carbocycles. The molecule has 0 aliphatic heterocycles. The molecule has 1 heterocycles. The Morgan fingerprint density at radius 3 is 2.40 bits per heavy atom. The van der Waals surface area contributed by atoms with Crippen LogP contribution < -0.4 is 5.32 Å². The third-order valence-corrected chi connectivity index (χ3v) is 5.84. The molecule has 108 valence electrons. The van der Waals surface area contributed by atoms with Gasteiger partial charge < -0.3 is 5.32 Å². The molecule has 0 radical (unpaired) electrons. The van der Waals surface area contributed by atoms with Crippen molar-refractivity contribution in [1.29, 1.82) is 0 Å². The van der Waals surface area contributed by atoms with Crippen molar-refractivity contribution >= 4 is 28.2 Å². The van der Waals surface area contributed by atoms with E-state index in [1.54, 1.807) is 11.3 Å². The number of anilines is 1. The van der Waals surface area contributed by atoms with E-state index in [4.69, 9.17) is 0 Å². The molecule has 0 saturated carbocycles. The summed E-state index contributed by atoms with van der Waals surface area (Å²) in [4.78, 5) is 4.61. The number of nitrogens with one attached hydrogen (secondary N) is 1. The number of rotatable bonds is 5. The lowest BCUT2D eigenvalue weighted by atomic mass is 10.0. The fraction of sp³-hybridized carbons (Fsp3) is 0.438. The Labute approximate surface area is 130 Å². The number of benzene rings is 1. The van der Waals surface area contributed by atoms with Crippen LogP contribution in [-0.2, 0) is 12.2 Å². The van der Waals surface area contributed by atoms with E-state index in [0.717, 1.165) is 17.3 Å². The van der Waals surface area contributed by atoms with Crippen LogP contribution in [0.15, 0.2) is 16.3 Å². The Bertz CT molecular complexity index is 580. The van der Waals surface area contributed by atoms with Crippen molar-refractivity contribution in [2.75, 3.05) is 12.4 Å². The fourth-order valence-electron chi connectivity index (χ4n) is 2.36. The van der Waals surface area contributed by atoms with Gasteiger partial charge in [-0.15, -0.1) is 11.8 Å². The van der Waals surface area contributed by atoms with Crippen LogP contribution in [0.4, 0.5) is 5.13 Å². The number of aromatic nitrogens is 1. The van der Waals surface area contributed by atoms with Gasteiger partial charge in [0.2, 0.25) is 0 Å². The maximum atomic E-state index is 4.61. The number of aryl methyl sites for hydroxylation is 4. The molecule has 4 heteroatoms. The number of nitrogens with zero attached hydrogens (tertiary/aromatic N) is 1. The molecule has 0 spiro atoms. The van der Waals surface area contributed by atoms with Crippen LogP contribution >= 0.6 is 23.1 Å². The van der Waals surface area contributed by atoms with E-state index in [-0.39, 0.29) is 0 Å². The highest BCUT2D eigenvalue weighted by Crippen LogP contribution is 2.35. The van der Waals surface area contributed by atoms with Gasteiger partial charge >= 0.3 is 0 Å². The van der Waals surface area contributed by atoms with E-state index in [9.17, 15) is 0 Å². The van der Waals surface area contributed by atoms with Crippen LogP contribution in [-0.4, -0.2) is 12.0 Å². The minimum atomic E-state index is 0.992. The molecule has 0 amide bonds. The zero-order chi connectivity index (χ0) is 14.7. The lowest BCUT2D eigenvalue weighted by Gasteiger charge is -2.10. The Hall–Kier alpha value is -1.00. The van der Waals surface area contributed by atoms with Gasteiger partial charge in [-0.2, -0.15) is 0 Å². The second-order valence-electron chi connectivity index (χ2n) is 5.02. The monoisotopic (exact) mass is 306 g/mol. The van der Waals surface area contributed by atoms with Gasteiger partial charge in [0.1, 0.15) is 0 Å². The number of hydrogen-bond acceptors (Lipinski definition) is 4. The van der Waals surface area contributed by atoms with Crippen molar-refractivity contribution in [3.63, 3.8) is 0 Å². The number of thiazole rings is 1. The Morgan fingerprint density at radius 2 is 1.85 bits per heavy atom. The Balaban J connectivity index is 2.18. The van der Waals surface area contributed by atoms with Crippen LogP contribution in [0.2, 0.25) is 0 Å². The van der Waals surface area contributed by atoms with E-state index in [0.29, 0.717) is 0 Å². The van der Waals surface area contributed by atoms with Crippen molar-refractivity contribution in [3.05, 3.63) is 40.1 Å². The first-order valence-corrected chi connectivity index (χ1v) is 8.72. The van der Waals surface area contributed by atoms with Gasteiger partial charge in [0, 0.05) is 12.8 Å². The molecule has 2 aromatic rings. The Kier molecular flexibility index (Phi) is 5.11. The number of thioether (sulfide) groups is 1. The van der Waals surface area contributed by atoms with Gasteiger partial charge in [-0.05, 0) is 43.9 Å². The zero-order valence-corrected chi connectivity index (χ0v) is 14.5. The maximum absolute atomic E-state index is 4.61. The average Bonchev–Trinajstić information content (AvgIpc) is 2.80. The van der Waals surface area contributed by atoms with Crippen LogP contribution in [0.5, 0.6) is 0 Å². The first kappa shape index (κ1) is 15.4. The summed E-state index contributed by atoms with van der Waals surface area (Å²) in [5.74, 6) is 1.02. The fourth-order valence-corrected chi connectivity index (χ4v) is 4.83. The molecule has 2 rings (SSSR count). The van der Waals surface area contributed by atoms with Gasteiger partial charge in [0.15, 0.2) is 5.13 Å². The molecule has 0 bridgehead atoms. The average molecular weight is 307 g/mol. The topological polar surface area (TPSA) is 24.9 Å². The van der Waals surface area contributed by atoms with Crippen LogP contribution in [0.1, 0.15) is 34.9 Å². The largest absolute Gasteiger partial charge is 0.365 e. The molecule has 1 aromatic heterocycles. The van der Waals surface area contributed by atoms with Crippen molar-refractivity contribution < 1.29 is 0 Å². The predicted octanol–water partition coefficient (Wildman–Crippen LogP) is 4.96. The second-order valence-corrected chi connectivity index (χ2v) is 7.27. The van der Waals surface area contributed by atoms with Crippen LogP contribution in [0, 0.1) is 20.8 Å². The quantitative estimate of drug-likeness (QED) is 0.790. The summed E-state index contributed by atoms with van der Waals surface area (Å²) in [5.41, 5.74) is 6.81. The summed E-state index contributed by atoms with van der Waals surface area (Å²) in [6, 6.07) is 4.55. The van der Waals surface area contributed by atoms with Crippen molar-refractivity contribution in [2.45, 2.75) is 44.1 Å². The molecule has 1 N–H and O–H groups in total. The van der Waals surface area contributed by atoms with E-state index >= 15 is 0 Å². The van der Waals surface area contributed by atoms with Crippen molar-refractivity contribution in [3.8, 4) is 0 Å². The smallest absolute Gasteiger partial charge is 0.183 e. The molecule has 0 atom stereocenters. The molecule has 20 heavy (non-hydrogen) atoms. The SMILES string of the molecule is CCc1nc(NC)sc1SCc1c(C)cc(C)cc1C. The molecule has 2 nitrogen and oxygen atoms in total. The number of hydrogen-bond donors (Lipinski definition) is 1. The van der Waals surface area contributed by atoms with Crippen molar-refractivity contribution in [2.24, 2.45) is 0 Å². The van der Waals surface area contributed by atoms with Crippen LogP contribution in [0.3, 0.4) is 0 Å². The lowest BCUT2D eigenvalue weighted by molar-refractivity contribution is 1.03. The molecule has 0 unspecified atom stereocenters. The van der Waals surface area contributed by atoms with Gasteiger partial charge in [-0.25, -0.2) is 4.98 Å². The summed E-state index contributed by atoms with van der Waals surface area (Å²) in [5, 5.41) is 4.16. The van der Waals surface area contributed by atoms with Gasteiger partial charge in [0.25, 0.3) is 0 Å². The minimum Gasteiger partial charge on any atom is -0.365 e. The van der Waals surface area contributed by atoms with E-state index in [1.165, 1.54) is 32.2 Å². The first-order chi connectivity index (χ1) is 9.55. The van der Waals surface area contributed by atoms with E-state index < -0.39 is 0 Å². The first-order valence-electron chi connectivity index (χ1n) is 6.92. The predicted molar refractivity (Wildman–Crippen MR) is 91.3 cm³/mol. The highest BCUT2D eigenvalue weighted by Gasteiger charge is 2.11. The summed E-state index contributed by atoms with van der Waals surface area (Å²) in [7, 11) is 1.93. The van der Waals surface area contributed by atoms with E-state index in [2.05, 4.69) is 50.1 Å². The zero-order valence-electron chi connectivity index (χ0n) is 12.8.